The second kappa shape index (κ2) is 6.94. The van der Waals surface area contributed by atoms with Gasteiger partial charge in [-0.1, -0.05) is 36.4 Å². The summed E-state index contributed by atoms with van der Waals surface area (Å²) in [6, 6.07) is 10.5. The number of halogens is 1. The molecule has 100 valence electrons. The van der Waals surface area contributed by atoms with Crippen LogP contribution in [0.4, 0.5) is 0 Å². The number of aromatic nitrogens is 1. The van der Waals surface area contributed by atoms with Crippen molar-refractivity contribution in [3.05, 3.63) is 53.3 Å². The predicted molar refractivity (Wildman–Crippen MR) is 81.9 cm³/mol. The molecule has 0 saturated carbocycles. The zero-order valence-corrected chi connectivity index (χ0v) is 12.6. The summed E-state index contributed by atoms with van der Waals surface area (Å²) in [5.74, 6) is 0. The second-order valence-electron chi connectivity index (χ2n) is 4.25. The van der Waals surface area contributed by atoms with Crippen molar-refractivity contribution in [1.82, 2.24) is 10.3 Å². The summed E-state index contributed by atoms with van der Waals surface area (Å²) in [6.07, 6.45) is 3.58. The highest BCUT2D eigenvalue weighted by atomic mass is 35.5. The third-order valence-corrected chi connectivity index (χ3v) is 4.35. The van der Waals surface area contributed by atoms with Gasteiger partial charge in [0.05, 0.1) is 5.02 Å². The molecule has 1 N–H and O–H groups in total. The summed E-state index contributed by atoms with van der Waals surface area (Å²) in [7, 11) is 0. The van der Waals surface area contributed by atoms with Gasteiger partial charge in [-0.15, -0.1) is 0 Å². The average Bonchev–Trinajstić information content (AvgIpc) is 2.42. The first kappa shape index (κ1) is 14.4. The molecule has 0 aliphatic heterocycles. The summed E-state index contributed by atoms with van der Waals surface area (Å²) in [4.78, 5) is 6.23. The van der Waals surface area contributed by atoms with E-state index >= 15 is 0 Å². The number of rotatable bonds is 5. The summed E-state index contributed by atoms with van der Waals surface area (Å²) in [5.41, 5.74) is 1.21. The lowest BCUT2D eigenvalue weighted by molar-refractivity contribution is 0.598. The highest BCUT2D eigenvalue weighted by Crippen LogP contribution is 2.34. The van der Waals surface area contributed by atoms with Gasteiger partial charge in [0.25, 0.3) is 0 Å². The van der Waals surface area contributed by atoms with Crippen molar-refractivity contribution >= 4 is 23.4 Å². The first-order chi connectivity index (χ1) is 9.20. The zero-order valence-electron chi connectivity index (χ0n) is 11.1. The molecular formula is C15H17ClN2S. The molecule has 1 unspecified atom stereocenters. The van der Waals surface area contributed by atoms with Crippen LogP contribution in [0.25, 0.3) is 0 Å². The van der Waals surface area contributed by atoms with E-state index in [0.29, 0.717) is 6.04 Å². The fourth-order valence-corrected chi connectivity index (χ4v) is 2.94. The summed E-state index contributed by atoms with van der Waals surface area (Å²) >= 11 is 8.01. The van der Waals surface area contributed by atoms with Crippen LogP contribution in [0, 0.1) is 0 Å². The molecule has 2 aromatic rings. The van der Waals surface area contributed by atoms with E-state index in [-0.39, 0.29) is 0 Å². The smallest absolute Gasteiger partial charge is 0.0548 e. The lowest BCUT2D eigenvalue weighted by atomic mass is 10.1. The third kappa shape index (κ3) is 3.96. The minimum atomic E-state index is 0.322. The van der Waals surface area contributed by atoms with Crippen LogP contribution >= 0.6 is 23.4 Å². The molecular weight excluding hydrogens is 276 g/mol. The van der Waals surface area contributed by atoms with Gasteiger partial charge in [0.2, 0.25) is 0 Å². The Balaban J connectivity index is 2.15. The fraction of sp³-hybridized carbons (Fsp3) is 0.267. The maximum absolute atomic E-state index is 6.36. The van der Waals surface area contributed by atoms with E-state index in [0.717, 1.165) is 21.4 Å². The molecule has 0 fully saturated rings. The highest BCUT2D eigenvalue weighted by molar-refractivity contribution is 7.99. The number of hydrogen-bond acceptors (Lipinski definition) is 3. The van der Waals surface area contributed by atoms with Crippen LogP contribution in [0.3, 0.4) is 0 Å². The maximum atomic E-state index is 6.36. The topological polar surface area (TPSA) is 24.9 Å². The molecule has 0 bridgehead atoms. The van der Waals surface area contributed by atoms with Gasteiger partial charge < -0.3 is 5.32 Å². The van der Waals surface area contributed by atoms with E-state index in [1.807, 2.05) is 18.2 Å². The van der Waals surface area contributed by atoms with Crippen LogP contribution in [-0.4, -0.2) is 11.5 Å². The van der Waals surface area contributed by atoms with Crippen LogP contribution < -0.4 is 5.32 Å². The normalized spacial score (nSPS) is 12.4. The molecule has 0 amide bonds. The van der Waals surface area contributed by atoms with Gasteiger partial charge >= 0.3 is 0 Å². The molecule has 0 spiro atoms. The number of hydrogen-bond donors (Lipinski definition) is 1. The number of benzene rings is 1. The zero-order chi connectivity index (χ0) is 13.7. The minimum absolute atomic E-state index is 0.322. The van der Waals surface area contributed by atoms with E-state index in [1.165, 1.54) is 5.56 Å². The first-order valence-corrected chi connectivity index (χ1v) is 7.51. The van der Waals surface area contributed by atoms with Crippen molar-refractivity contribution in [1.29, 1.82) is 0 Å². The van der Waals surface area contributed by atoms with Crippen molar-refractivity contribution in [3.63, 3.8) is 0 Å². The van der Waals surface area contributed by atoms with Gasteiger partial charge in [0, 0.05) is 28.2 Å². The summed E-state index contributed by atoms with van der Waals surface area (Å²) < 4.78 is 0. The summed E-state index contributed by atoms with van der Waals surface area (Å²) in [6.45, 7) is 5.20. The van der Waals surface area contributed by atoms with Gasteiger partial charge in [-0.3, -0.25) is 4.98 Å². The van der Waals surface area contributed by atoms with Crippen molar-refractivity contribution in [3.8, 4) is 0 Å². The fourth-order valence-electron chi connectivity index (χ4n) is 1.83. The Morgan fingerprint density at radius 3 is 2.63 bits per heavy atom. The van der Waals surface area contributed by atoms with Crippen LogP contribution in [0.2, 0.25) is 5.02 Å². The third-order valence-electron chi connectivity index (χ3n) is 2.84. The van der Waals surface area contributed by atoms with Gasteiger partial charge in [-0.05, 0) is 43.3 Å². The molecule has 0 aliphatic carbocycles. The Hall–Kier alpha value is -1.03. The molecule has 0 radical (unpaired) electrons. The van der Waals surface area contributed by atoms with Crippen molar-refractivity contribution < 1.29 is 0 Å². The molecule has 2 rings (SSSR count). The Labute approximate surface area is 123 Å². The molecule has 1 aromatic carbocycles. The standard InChI is InChI=1S/C15H17ClN2S/c1-3-18-11(2)12-4-5-15(14(16)10-12)19-13-6-8-17-9-7-13/h4-11,18H,3H2,1-2H3. The van der Waals surface area contributed by atoms with E-state index < -0.39 is 0 Å². The Bertz CT molecular complexity index is 531. The number of nitrogens with zero attached hydrogens (tertiary/aromatic N) is 1. The first-order valence-electron chi connectivity index (χ1n) is 6.31. The SMILES string of the molecule is CCNC(C)c1ccc(Sc2ccncc2)c(Cl)c1. The Kier molecular flexibility index (Phi) is 5.25. The van der Waals surface area contributed by atoms with Crippen LogP contribution in [0.5, 0.6) is 0 Å². The number of nitrogens with one attached hydrogen (secondary N) is 1. The minimum Gasteiger partial charge on any atom is -0.310 e. The van der Waals surface area contributed by atoms with E-state index in [2.05, 4.69) is 36.3 Å². The molecule has 0 aliphatic rings. The molecule has 1 atom stereocenters. The van der Waals surface area contributed by atoms with Crippen LogP contribution in [-0.2, 0) is 0 Å². The van der Waals surface area contributed by atoms with Gasteiger partial charge in [0.15, 0.2) is 0 Å². The van der Waals surface area contributed by atoms with Gasteiger partial charge in [-0.2, -0.15) is 0 Å². The quantitative estimate of drug-likeness (QED) is 0.874. The maximum Gasteiger partial charge on any atom is 0.0548 e. The molecule has 19 heavy (non-hydrogen) atoms. The van der Waals surface area contributed by atoms with E-state index in [9.17, 15) is 0 Å². The van der Waals surface area contributed by atoms with Crippen LogP contribution in [0.15, 0.2) is 52.5 Å². The molecule has 1 heterocycles. The average molecular weight is 293 g/mol. The second-order valence-corrected chi connectivity index (χ2v) is 5.78. The van der Waals surface area contributed by atoms with E-state index in [1.54, 1.807) is 24.2 Å². The molecule has 0 saturated heterocycles. The monoisotopic (exact) mass is 292 g/mol. The predicted octanol–water partition coefficient (Wildman–Crippen LogP) is 4.56. The highest BCUT2D eigenvalue weighted by Gasteiger charge is 2.08. The van der Waals surface area contributed by atoms with Gasteiger partial charge in [0.1, 0.15) is 0 Å². The van der Waals surface area contributed by atoms with Gasteiger partial charge in [-0.25, -0.2) is 0 Å². The van der Waals surface area contributed by atoms with Crippen molar-refractivity contribution in [2.24, 2.45) is 0 Å². The Morgan fingerprint density at radius 2 is 2.00 bits per heavy atom. The lowest BCUT2D eigenvalue weighted by Gasteiger charge is -2.14. The van der Waals surface area contributed by atoms with Crippen molar-refractivity contribution in [2.75, 3.05) is 6.54 Å². The van der Waals surface area contributed by atoms with E-state index in [4.69, 9.17) is 11.6 Å². The largest absolute Gasteiger partial charge is 0.310 e. The van der Waals surface area contributed by atoms with Crippen molar-refractivity contribution in [2.45, 2.75) is 29.7 Å². The van der Waals surface area contributed by atoms with Crippen LogP contribution in [0.1, 0.15) is 25.5 Å². The summed E-state index contributed by atoms with van der Waals surface area (Å²) in [5, 5.41) is 4.18. The molecule has 1 aromatic heterocycles. The molecule has 2 nitrogen and oxygen atoms in total. The molecule has 4 heteroatoms. The number of pyridine rings is 1. The lowest BCUT2D eigenvalue weighted by Crippen LogP contribution is -2.17. The Morgan fingerprint density at radius 1 is 1.26 bits per heavy atom.